The number of aliphatic carboxylic acids is 1. The Balaban J connectivity index is 2.25. The SMILES string of the molecule is O=C(O)[C@H]1[C@@H]2CC[C@H]1C(=O)C2. The molecule has 3 atom stereocenters. The zero-order valence-electron chi connectivity index (χ0n) is 6.12. The third kappa shape index (κ3) is 0.800. The first kappa shape index (κ1) is 6.83. The first-order valence-corrected chi connectivity index (χ1v) is 3.95. The summed E-state index contributed by atoms with van der Waals surface area (Å²) in [6, 6.07) is 0. The predicted octanol–water partition coefficient (Wildman–Crippen LogP) is 0.686. The van der Waals surface area contributed by atoms with E-state index in [1.54, 1.807) is 0 Å². The van der Waals surface area contributed by atoms with Crippen molar-refractivity contribution in [3.05, 3.63) is 0 Å². The molecule has 0 aliphatic heterocycles. The van der Waals surface area contributed by atoms with Gasteiger partial charge >= 0.3 is 5.97 Å². The highest BCUT2D eigenvalue weighted by Crippen LogP contribution is 2.47. The molecule has 0 aromatic rings. The fourth-order valence-electron chi connectivity index (χ4n) is 2.46. The van der Waals surface area contributed by atoms with Crippen LogP contribution in [0.5, 0.6) is 0 Å². The highest BCUT2D eigenvalue weighted by atomic mass is 16.4. The van der Waals surface area contributed by atoms with Crippen molar-refractivity contribution in [1.29, 1.82) is 0 Å². The molecular weight excluding hydrogens is 144 g/mol. The standard InChI is InChI=1S/C8H10O3/c9-6-3-4-1-2-5(6)7(4)8(10)11/h4-5,7H,1-3H2,(H,10,11)/t4-,5+,7+/m1/s1. The molecule has 0 radical (unpaired) electrons. The van der Waals surface area contributed by atoms with E-state index in [1.165, 1.54) is 0 Å². The maximum atomic E-state index is 11.1. The van der Waals surface area contributed by atoms with E-state index in [4.69, 9.17) is 5.11 Å². The fraction of sp³-hybridized carbons (Fsp3) is 0.750. The summed E-state index contributed by atoms with van der Waals surface area (Å²) in [4.78, 5) is 21.7. The molecule has 1 N–H and O–H groups in total. The van der Waals surface area contributed by atoms with E-state index in [1.807, 2.05) is 0 Å². The van der Waals surface area contributed by atoms with Gasteiger partial charge in [0.15, 0.2) is 0 Å². The maximum Gasteiger partial charge on any atom is 0.307 e. The van der Waals surface area contributed by atoms with Crippen molar-refractivity contribution in [2.45, 2.75) is 19.3 Å². The van der Waals surface area contributed by atoms with Crippen LogP contribution in [0, 0.1) is 17.8 Å². The molecule has 2 bridgehead atoms. The van der Waals surface area contributed by atoms with Gasteiger partial charge in [0.25, 0.3) is 0 Å². The summed E-state index contributed by atoms with van der Waals surface area (Å²) in [6.45, 7) is 0. The summed E-state index contributed by atoms with van der Waals surface area (Å²) in [5.41, 5.74) is 0. The molecule has 2 saturated carbocycles. The van der Waals surface area contributed by atoms with E-state index < -0.39 is 5.97 Å². The molecule has 0 aromatic carbocycles. The van der Waals surface area contributed by atoms with E-state index >= 15 is 0 Å². The molecule has 0 heterocycles. The molecule has 0 spiro atoms. The average molecular weight is 154 g/mol. The van der Waals surface area contributed by atoms with Gasteiger partial charge in [-0.05, 0) is 18.8 Å². The molecule has 0 aromatic heterocycles. The largest absolute Gasteiger partial charge is 0.481 e. The number of carboxylic acid groups (broad SMARTS) is 1. The van der Waals surface area contributed by atoms with Crippen molar-refractivity contribution < 1.29 is 14.7 Å². The highest BCUT2D eigenvalue weighted by Gasteiger charge is 2.50. The Morgan fingerprint density at radius 3 is 2.45 bits per heavy atom. The van der Waals surface area contributed by atoms with Gasteiger partial charge in [-0.2, -0.15) is 0 Å². The molecule has 11 heavy (non-hydrogen) atoms. The van der Waals surface area contributed by atoms with E-state index in [9.17, 15) is 9.59 Å². The van der Waals surface area contributed by atoms with Crippen molar-refractivity contribution in [2.24, 2.45) is 17.8 Å². The van der Waals surface area contributed by atoms with E-state index in [-0.39, 0.29) is 23.5 Å². The van der Waals surface area contributed by atoms with Crippen molar-refractivity contribution in [1.82, 2.24) is 0 Å². The summed E-state index contributed by atoms with van der Waals surface area (Å²) >= 11 is 0. The van der Waals surface area contributed by atoms with Gasteiger partial charge in [-0.25, -0.2) is 0 Å². The normalized spacial score (nSPS) is 41.5. The molecule has 3 heteroatoms. The number of ketones is 1. The van der Waals surface area contributed by atoms with Gasteiger partial charge < -0.3 is 5.11 Å². The molecule has 2 rings (SSSR count). The van der Waals surface area contributed by atoms with Crippen LogP contribution < -0.4 is 0 Å². The van der Waals surface area contributed by atoms with Gasteiger partial charge in [-0.15, -0.1) is 0 Å². The van der Waals surface area contributed by atoms with Gasteiger partial charge in [-0.1, -0.05) is 0 Å². The quantitative estimate of drug-likeness (QED) is 0.604. The lowest BCUT2D eigenvalue weighted by molar-refractivity contribution is -0.144. The highest BCUT2D eigenvalue weighted by molar-refractivity contribution is 5.91. The van der Waals surface area contributed by atoms with Gasteiger partial charge in [0, 0.05) is 12.3 Å². The second-order valence-electron chi connectivity index (χ2n) is 3.48. The number of fused-ring (bicyclic) bond motifs is 2. The van der Waals surface area contributed by atoms with Gasteiger partial charge in [0.2, 0.25) is 0 Å². The van der Waals surface area contributed by atoms with Crippen molar-refractivity contribution in [3.8, 4) is 0 Å². The van der Waals surface area contributed by atoms with Crippen LogP contribution in [0.4, 0.5) is 0 Å². The van der Waals surface area contributed by atoms with Crippen LogP contribution in [0.25, 0.3) is 0 Å². The molecule has 2 aliphatic rings. The van der Waals surface area contributed by atoms with Crippen molar-refractivity contribution >= 4 is 11.8 Å². The molecule has 0 saturated heterocycles. The van der Waals surface area contributed by atoms with E-state index in [0.717, 1.165) is 12.8 Å². The minimum Gasteiger partial charge on any atom is -0.481 e. The smallest absolute Gasteiger partial charge is 0.307 e. The average Bonchev–Trinajstić information content (AvgIpc) is 2.41. The first-order valence-electron chi connectivity index (χ1n) is 3.95. The minimum absolute atomic E-state index is 0.141. The lowest BCUT2D eigenvalue weighted by Gasteiger charge is -2.05. The minimum atomic E-state index is -0.775. The van der Waals surface area contributed by atoms with Crippen molar-refractivity contribution in [2.75, 3.05) is 0 Å². The number of rotatable bonds is 1. The second-order valence-corrected chi connectivity index (χ2v) is 3.48. The molecule has 0 unspecified atom stereocenters. The van der Waals surface area contributed by atoms with Crippen LogP contribution >= 0.6 is 0 Å². The van der Waals surface area contributed by atoms with Crippen LogP contribution in [0.1, 0.15) is 19.3 Å². The summed E-state index contributed by atoms with van der Waals surface area (Å²) in [5, 5.41) is 8.76. The van der Waals surface area contributed by atoms with Crippen LogP contribution in [0.3, 0.4) is 0 Å². The lowest BCUT2D eigenvalue weighted by Crippen LogP contribution is -2.19. The molecule has 60 valence electrons. The van der Waals surface area contributed by atoms with Crippen molar-refractivity contribution in [3.63, 3.8) is 0 Å². The molecule has 2 aliphatic carbocycles. The topological polar surface area (TPSA) is 54.4 Å². The van der Waals surface area contributed by atoms with Crippen LogP contribution in [-0.2, 0) is 9.59 Å². The van der Waals surface area contributed by atoms with E-state index in [0.29, 0.717) is 6.42 Å². The summed E-state index contributed by atoms with van der Waals surface area (Å²) in [6.07, 6.45) is 2.26. The Bertz CT molecular complexity index is 221. The van der Waals surface area contributed by atoms with Gasteiger partial charge in [-0.3, -0.25) is 9.59 Å². The third-order valence-corrected chi connectivity index (χ3v) is 2.95. The number of hydrogen-bond acceptors (Lipinski definition) is 2. The summed E-state index contributed by atoms with van der Waals surface area (Å²) < 4.78 is 0. The number of Topliss-reactive ketones (excluding diaryl/α,β-unsaturated/α-hetero) is 1. The Kier molecular flexibility index (Phi) is 1.28. The van der Waals surface area contributed by atoms with Crippen LogP contribution in [0.2, 0.25) is 0 Å². The molecule has 2 fully saturated rings. The Hall–Kier alpha value is -0.860. The Morgan fingerprint density at radius 1 is 1.45 bits per heavy atom. The number of carbonyl (C=O) groups excluding carboxylic acids is 1. The molecule has 3 nitrogen and oxygen atoms in total. The summed E-state index contributed by atoms with van der Waals surface area (Å²) in [5.74, 6) is -0.929. The number of carboxylic acids is 1. The number of carbonyl (C=O) groups is 2. The monoisotopic (exact) mass is 154 g/mol. The zero-order chi connectivity index (χ0) is 8.01. The Labute approximate surface area is 64.4 Å². The number of hydrogen-bond donors (Lipinski definition) is 1. The fourth-order valence-corrected chi connectivity index (χ4v) is 2.46. The van der Waals surface area contributed by atoms with E-state index in [2.05, 4.69) is 0 Å². The first-order chi connectivity index (χ1) is 5.20. The molecule has 0 amide bonds. The maximum absolute atomic E-state index is 11.1. The van der Waals surface area contributed by atoms with Gasteiger partial charge in [0.05, 0.1) is 5.92 Å². The third-order valence-electron chi connectivity index (χ3n) is 2.95. The zero-order valence-corrected chi connectivity index (χ0v) is 6.12. The second kappa shape index (κ2) is 2.06. The Morgan fingerprint density at radius 2 is 2.18 bits per heavy atom. The predicted molar refractivity (Wildman–Crippen MR) is 37.0 cm³/mol. The van der Waals surface area contributed by atoms with Gasteiger partial charge in [0.1, 0.15) is 5.78 Å². The molecular formula is C8H10O3. The lowest BCUT2D eigenvalue weighted by atomic mass is 9.98. The van der Waals surface area contributed by atoms with Crippen LogP contribution in [0.15, 0.2) is 0 Å². The summed E-state index contributed by atoms with van der Waals surface area (Å²) in [7, 11) is 0. The van der Waals surface area contributed by atoms with Crippen LogP contribution in [-0.4, -0.2) is 16.9 Å².